The maximum absolute atomic E-state index is 9.68. The Kier molecular flexibility index (Phi) is 3.03. The molecule has 0 aliphatic rings. The molecule has 0 spiro atoms. The lowest BCUT2D eigenvalue weighted by atomic mass is 10.7. The highest BCUT2D eigenvalue weighted by Crippen LogP contribution is 1.96. The summed E-state index contributed by atoms with van der Waals surface area (Å²) in [6, 6.07) is 0. The molecule has 0 amide bonds. The molecule has 0 aromatic carbocycles. The zero-order valence-electron chi connectivity index (χ0n) is 4.06. The van der Waals surface area contributed by atoms with Crippen LogP contribution >= 0.6 is 11.6 Å². The number of hydrogen-bond acceptors (Lipinski definition) is 2. The summed E-state index contributed by atoms with van der Waals surface area (Å²) in [4.78, 5) is 9.68. The fraction of sp³-hybridized carbons (Fsp3) is 0.250. The number of halogens is 1. The number of carbonyl (C=O) groups is 1. The molecule has 0 aromatic rings. The Morgan fingerprint density at radius 2 is 2.38 bits per heavy atom. The minimum atomic E-state index is -1.06. The van der Waals surface area contributed by atoms with E-state index in [4.69, 9.17) is 16.7 Å². The molecule has 0 heterocycles. The Morgan fingerprint density at radius 3 is 2.50 bits per heavy atom. The van der Waals surface area contributed by atoms with Crippen molar-refractivity contribution in [2.45, 2.75) is 0 Å². The van der Waals surface area contributed by atoms with Gasteiger partial charge in [0.2, 0.25) is 0 Å². The smallest absolute Gasteiger partial charge is 0.341 e. The highest BCUT2D eigenvalue weighted by Gasteiger charge is 1.94. The molecule has 0 aliphatic carbocycles. The van der Waals surface area contributed by atoms with Gasteiger partial charge in [0, 0.05) is 0 Å². The third-order valence-electron chi connectivity index (χ3n) is 0.352. The summed E-state index contributed by atoms with van der Waals surface area (Å²) in [5.74, 6) is -1.06. The van der Waals surface area contributed by atoms with Gasteiger partial charge in [0.1, 0.15) is 0 Å². The number of aliphatic carboxylic acids is 1. The molecular formula is C4H5ClO3. The lowest BCUT2D eigenvalue weighted by Gasteiger charge is -1.95. The first-order valence-corrected chi connectivity index (χ1v) is 2.19. The maximum Gasteiger partial charge on any atom is 0.341 e. The second kappa shape index (κ2) is 3.32. The highest BCUT2D eigenvalue weighted by molar-refractivity contribution is 6.28. The van der Waals surface area contributed by atoms with Crippen molar-refractivity contribution in [3.63, 3.8) is 0 Å². The van der Waals surface area contributed by atoms with E-state index >= 15 is 0 Å². The molecule has 0 aromatic heterocycles. The molecule has 3 nitrogen and oxygen atoms in total. The number of hydrogen-bond donors (Lipinski definition) is 1. The van der Waals surface area contributed by atoms with Crippen molar-refractivity contribution in [2.75, 3.05) is 6.61 Å². The van der Waals surface area contributed by atoms with E-state index in [-0.39, 0.29) is 5.22 Å². The van der Waals surface area contributed by atoms with E-state index in [0.29, 0.717) is 0 Å². The van der Waals surface area contributed by atoms with Crippen LogP contribution in [0.4, 0.5) is 0 Å². The highest BCUT2D eigenvalue weighted by atomic mass is 35.5. The van der Waals surface area contributed by atoms with Crippen LogP contribution in [0, 0.1) is 0 Å². The monoisotopic (exact) mass is 136 g/mol. The summed E-state index contributed by atoms with van der Waals surface area (Å²) in [6.45, 7) is 2.68. The van der Waals surface area contributed by atoms with Gasteiger partial charge < -0.3 is 9.84 Å². The van der Waals surface area contributed by atoms with Crippen LogP contribution in [0.25, 0.3) is 0 Å². The molecule has 0 saturated carbocycles. The van der Waals surface area contributed by atoms with Crippen molar-refractivity contribution in [1.82, 2.24) is 0 Å². The Bertz CT molecular complexity index is 95.9. The summed E-state index contributed by atoms with van der Waals surface area (Å²) in [5.41, 5.74) is 0. The minimum absolute atomic E-state index is 0.104. The second-order valence-electron chi connectivity index (χ2n) is 1.04. The number of ether oxygens (including phenoxy) is 1. The summed E-state index contributed by atoms with van der Waals surface area (Å²) in [6.07, 6.45) is 0. The molecule has 0 fully saturated rings. The average Bonchev–Trinajstić information content (AvgIpc) is 1.61. The van der Waals surface area contributed by atoms with E-state index in [0.717, 1.165) is 0 Å². The molecule has 46 valence electrons. The minimum Gasteiger partial charge on any atom is -0.479 e. The number of carboxylic acid groups (broad SMARTS) is 1. The predicted octanol–water partition coefficient (Wildman–Crippen LogP) is 0.798. The topological polar surface area (TPSA) is 46.5 Å². The molecule has 0 unspecified atom stereocenters. The van der Waals surface area contributed by atoms with Gasteiger partial charge in [-0.1, -0.05) is 0 Å². The molecule has 0 bridgehead atoms. The summed E-state index contributed by atoms with van der Waals surface area (Å²) < 4.78 is 4.27. The summed E-state index contributed by atoms with van der Waals surface area (Å²) in [5, 5.41) is 7.83. The van der Waals surface area contributed by atoms with Crippen molar-refractivity contribution in [3.8, 4) is 0 Å². The van der Waals surface area contributed by atoms with E-state index in [1.54, 1.807) is 0 Å². The maximum atomic E-state index is 9.68. The fourth-order valence-corrected chi connectivity index (χ4v) is 0.195. The van der Waals surface area contributed by atoms with Crippen molar-refractivity contribution in [2.24, 2.45) is 0 Å². The van der Waals surface area contributed by atoms with Crippen molar-refractivity contribution < 1.29 is 14.6 Å². The van der Waals surface area contributed by atoms with E-state index < -0.39 is 12.6 Å². The van der Waals surface area contributed by atoms with Gasteiger partial charge in [0.25, 0.3) is 0 Å². The van der Waals surface area contributed by atoms with Crippen LogP contribution in [0.15, 0.2) is 11.8 Å². The Hall–Kier alpha value is -0.700. The van der Waals surface area contributed by atoms with Crippen LogP contribution < -0.4 is 0 Å². The number of carboxylic acids is 1. The van der Waals surface area contributed by atoms with E-state index in [1.807, 2.05) is 0 Å². The lowest BCUT2D eigenvalue weighted by molar-refractivity contribution is -0.140. The van der Waals surface area contributed by atoms with Crippen LogP contribution in [0.5, 0.6) is 0 Å². The predicted molar refractivity (Wildman–Crippen MR) is 28.6 cm³/mol. The molecule has 0 saturated heterocycles. The van der Waals surface area contributed by atoms with Crippen LogP contribution in [0.3, 0.4) is 0 Å². The Morgan fingerprint density at radius 1 is 1.88 bits per heavy atom. The third-order valence-corrected chi connectivity index (χ3v) is 0.461. The van der Waals surface area contributed by atoms with Gasteiger partial charge in [-0.05, 0) is 18.2 Å². The van der Waals surface area contributed by atoms with Crippen molar-refractivity contribution >= 4 is 17.6 Å². The third kappa shape index (κ3) is 5.30. The molecular weight excluding hydrogens is 131 g/mol. The normalized spacial score (nSPS) is 8.12. The van der Waals surface area contributed by atoms with Crippen molar-refractivity contribution in [1.29, 1.82) is 0 Å². The van der Waals surface area contributed by atoms with Gasteiger partial charge in [-0.3, -0.25) is 0 Å². The van der Waals surface area contributed by atoms with Crippen LogP contribution in [0.1, 0.15) is 0 Å². The SMILES string of the molecule is C=C(Cl)OCC(=O)O. The van der Waals surface area contributed by atoms with Gasteiger partial charge in [-0.15, -0.1) is 0 Å². The molecule has 4 heteroatoms. The average molecular weight is 137 g/mol. The molecule has 0 rings (SSSR count). The summed E-state index contributed by atoms with van der Waals surface area (Å²) >= 11 is 5.04. The molecule has 1 N–H and O–H groups in total. The van der Waals surface area contributed by atoms with E-state index in [2.05, 4.69) is 11.3 Å². The zero-order chi connectivity index (χ0) is 6.57. The Labute approximate surface area is 51.5 Å². The second-order valence-corrected chi connectivity index (χ2v) is 1.46. The van der Waals surface area contributed by atoms with Gasteiger partial charge in [-0.2, -0.15) is 0 Å². The first kappa shape index (κ1) is 7.30. The van der Waals surface area contributed by atoms with Gasteiger partial charge in [0.15, 0.2) is 11.8 Å². The fourth-order valence-electron chi connectivity index (χ4n) is 0.140. The first-order valence-electron chi connectivity index (χ1n) is 1.82. The standard InChI is InChI=1S/C4H5ClO3/c1-3(5)8-2-4(6)7/h1-2H2,(H,6,7). The first-order chi connectivity index (χ1) is 3.63. The van der Waals surface area contributed by atoms with Gasteiger partial charge >= 0.3 is 5.97 Å². The van der Waals surface area contributed by atoms with E-state index in [1.165, 1.54) is 0 Å². The molecule has 0 atom stereocenters. The van der Waals surface area contributed by atoms with Crippen LogP contribution in [0.2, 0.25) is 0 Å². The largest absolute Gasteiger partial charge is 0.479 e. The van der Waals surface area contributed by atoms with Crippen molar-refractivity contribution in [3.05, 3.63) is 11.8 Å². The molecule has 8 heavy (non-hydrogen) atoms. The van der Waals surface area contributed by atoms with Crippen LogP contribution in [-0.4, -0.2) is 17.7 Å². The van der Waals surface area contributed by atoms with Gasteiger partial charge in [0.05, 0.1) is 0 Å². The molecule has 0 aliphatic heterocycles. The van der Waals surface area contributed by atoms with E-state index in [9.17, 15) is 4.79 Å². The summed E-state index contributed by atoms with van der Waals surface area (Å²) in [7, 11) is 0. The quantitative estimate of drug-likeness (QED) is 0.584. The Balaban J connectivity index is 3.18. The van der Waals surface area contributed by atoms with Gasteiger partial charge in [-0.25, -0.2) is 4.79 Å². The van der Waals surface area contributed by atoms with Crippen LogP contribution in [-0.2, 0) is 9.53 Å². The lowest BCUT2D eigenvalue weighted by Crippen LogP contribution is -2.04. The zero-order valence-corrected chi connectivity index (χ0v) is 4.81. The molecule has 0 radical (unpaired) electrons. The number of rotatable bonds is 3.